The van der Waals surface area contributed by atoms with Crippen molar-refractivity contribution in [3.05, 3.63) is 0 Å². The van der Waals surface area contributed by atoms with Crippen molar-refractivity contribution in [1.82, 2.24) is 0 Å². The fraction of sp³-hybridized carbons (Fsp3) is 0.905. The summed E-state index contributed by atoms with van der Waals surface area (Å²) in [4.78, 5) is 25.4. The molecule has 1 unspecified atom stereocenters. The van der Waals surface area contributed by atoms with Crippen LogP contribution in [0.3, 0.4) is 0 Å². The van der Waals surface area contributed by atoms with Crippen LogP contribution in [0.5, 0.6) is 0 Å². The smallest absolute Gasteiger partial charge is 0.217 e. The largest absolute Gasteiger partial charge is 0.726 e. The third-order valence-corrected chi connectivity index (χ3v) is 9.66. The molecule has 0 aromatic carbocycles. The van der Waals surface area contributed by atoms with Crippen molar-refractivity contribution in [2.24, 2.45) is 40.4 Å². The van der Waals surface area contributed by atoms with Gasteiger partial charge in [-0.05, 0) is 80.5 Å². The highest BCUT2D eigenvalue weighted by Gasteiger charge is 2.62. The van der Waals surface area contributed by atoms with Crippen LogP contribution in [0.25, 0.3) is 0 Å². The molecule has 0 heterocycles. The molecule has 0 radical (unpaired) electrons. The zero-order valence-corrected chi connectivity index (χ0v) is 17.8. The summed E-state index contributed by atoms with van der Waals surface area (Å²) >= 11 is 0. The standard InChI is InChI=1S/C21H32O6S/c1-12(22)15-4-5-16-14-11-19(23)18-10-13(27-28(24,25)26)6-8-21(18,3)17(14)7-9-20(15,16)2/h13-18H,4-11H2,1-3H3,(H,24,25,26)/p-1/t13-,14-,15+,16-,17-,18?,20+,21+/m0/s1. The van der Waals surface area contributed by atoms with Gasteiger partial charge in [0.2, 0.25) is 10.4 Å². The van der Waals surface area contributed by atoms with Crippen molar-refractivity contribution >= 4 is 22.0 Å². The van der Waals surface area contributed by atoms with Crippen molar-refractivity contribution in [1.29, 1.82) is 0 Å². The number of carbonyl (C=O) groups is 2. The number of carbonyl (C=O) groups excluding carboxylic acids is 2. The molecule has 0 N–H and O–H groups in total. The first-order valence-corrected chi connectivity index (χ1v) is 12.0. The van der Waals surface area contributed by atoms with Crippen molar-refractivity contribution in [2.75, 3.05) is 0 Å². The van der Waals surface area contributed by atoms with E-state index in [4.69, 9.17) is 4.18 Å². The molecule has 4 aliphatic rings. The minimum Gasteiger partial charge on any atom is -0.726 e. The molecular weight excluding hydrogens is 380 g/mol. The van der Waals surface area contributed by atoms with Gasteiger partial charge in [0.05, 0.1) is 6.10 Å². The molecule has 0 spiro atoms. The third-order valence-electron chi connectivity index (χ3n) is 9.15. The van der Waals surface area contributed by atoms with Crippen LogP contribution in [-0.2, 0) is 24.2 Å². The second-order valence-electron chi connectivity index (χ2n) is 10.3. The molecule has 7 heteroatoms. The van der Waals surface area contributed by atoms with Crippen LogP contribution in [0.15, 0.2) is 0 Å². The Morgan fingerprint density at radius 1 is 1.07 bits per heavy atom. The highest BCUT2D eigenvalue weighted by Crippen LogP contribution is 2.67. The summed E-state index contributed by atoms with van der Waals surface area (Å²) < 4.78 is 37.7. The molecule has 8 atom stereocenters. The van der Waals surface area contributed by atoms with Gasteiger partial charge in [-0.25, -0.2) is 8.42 Å². The number of rotatable bonds is 3. The Morgan fingerprint density at radius 3 is 2.36 bits per heavy atom. The van der Waals surface area contributed by atoms with Crippen LogP contribution in [0, 0.1) is 40.4 Å². The van der Waals surface area contributed by atoms with E-state index in [-0.39, 0.29) is 34.2 Å². The summed E-state index contributed by atoms with van der Waals surface area (Å²) in [5, 5.41) is 0. The van der Waals surface area contributed by atoms with E-state index in [2.05, 4.69) is 13.8 Å². The van der Waals surface area contributed by atoms with E-state index < -0.39 is 16.5 Å². The highest BCUT2D eigenvalue weighted by molar-refractivity contribution is 7.80. The maximum atomic E-state index is 13.2. The average molecular weight is 412 g/mol. The van der Waals surface area contributed by atoms with Gasteiger partial charge in [0, 0.05) is 18.3 Å². The van der Waals surface area contributed by atoms with Crippen LogP contribution >= 0.6 is 0 Å². The monoisotopic (exact) mass is 411 g/mol. The summed E-state index contributed by atoms with van der Waals surface area (Å²) in [5.74, 6) is 1.51. The molecule has 28 heavy (non-hydrogen) atoms. The Kier molecular flexibility index (Phi) is 4.83. The molecule has 0 amide bonds. The van der Waals surface area contributed by atoms with Gasteiger partial charge in [-0.1, -0.05) is 13.8 Å². The zero-order valence-electron chi connectivity index (χ0n) is 17.0. The molecule has 4 aliphatic carbocycles. The first-order chi connectivity index (χ1) is 13.0. The van der Waals surface area contributed by atoms with Gasteiger partial charge in [0.1, 0.15) is 11.6 Å². The van der Waals surface area contributed by atoms with Gasteiger partial charge < -0.3 is 4.55 Å². The Morgan fingerprint density at radius 2 is 1.71 bits per heavy atom. The molecular formula is C21H31O6S-. The molecule has 0 aromatic rings. The average Bonchev–Trinajstić information content (AvgIpc) is 2.92. The third kappa shape index (κ3) is 3.08. The molecule has 0 aromatic heterocycles. The number of hydrogen-bond donors (Lipinski definition) is 0. The minimum atomic E-state index is -4.75. The summed E-state index contributed by atoms with van der Waals surface area (Å²) in [6.07, 6.45) is 5.39. The van der Waals surface area contributed by atoms with Gasteiger partial charge in [0.15, 0.2) is 0 Å². The minimum absolute atomic E-state index is 0.00737. The molecule has 4 saturated carbocycles. The van der Waals surface area contributed by atoms with Gasteiger partial charge in [-0.3, -0.25) is 13.8 Å². The van der Waals surface area contributed by atoms with Crippen LogP contribution in [-0.4, -0.2) is 30.6 Å². The van der Waals surface area contributed by atoms with Gasteiger partial charge in [-0.15, -0.1) is 0 Å². The summed E-state index contributed by atoms with van der Waals surface area (Å²) in [7, 11) is -4.75. The Labute approximate surface area is 167 Å². The predicted octanol–water partition coefficient (Wildman–Crippen LogP) is 3.26. The number of ketones is 2. The van der Waals surface area contributed by atoms with Gasteiger partial charge >= 0.3 is 0 Å². The summed E-state index contributed by atoms with van der Waals surface area (Å²) in [6, 6.07) is 0. The molecule has 6 nitrogen and oxygen atoms in total. The number of fused-ring (bicyclic) bond motifs is 5. The molecule has 0 saturated heterocycles. The van der Waals surface area contributed by atoms with E-state index in [1.807, 2.05) is 0 Å². The Bertz CT molecular complexity index is 791. The summed E-state index contributed by atoms with van der Waals surface area (Å²) in [6.45, 7) is 6.16. The van der Waals surface area contributed by atoms with Crippen LogP contribution in [0.4, 0.5) is 0 Å². The lowest BCUT2D eigenvalue weighted by molar-refractivity contribution is -0.159. The number of hydrogen-bond acceptors (Lipinski definition) is 6. The SMILES string of the molecule is CC(=O)[C@H]1CC[C@H]2[C@@H]3CC(=O)C4C[C@@H](OS(=O)(=O)[O-])CC[C@]4(C)[C@H]3CC[C@]12C. The van der Waals surface area contributed by atoms with E-state index in [1.165, 1.54) is 0 Å². The fourth-order valence-electron chi connectivity index (χ4n) is 7.93. The highest BCUT2D eigenvalue weighted by atomic mass is 32.3. The molecule has 158 valence electrons. The van der Waals surface area contributed by atoms with E-state index in [0.717, 1.165) is 25.7 Å². The van der Waals surface area contributed by atoms with Crippen LogP contribution < -0.4 is 0 Å². The first kappa shape index (κ1) is 20.5. The lowest BCUT2D eigenvalue weighted by Gasteiger charge is -2.60. The zero-order chi connectivity index (χ0) is 20.5. The van der Waals surface area contributed by atoms with Crippen LogP contribution in [0.2, 0.25) is 0 Å². The lowest BCUT2D eigenvalue weighted by Crippen LogP contribution is -2.57. The molecule has 4 rings (SSSR count). The van der Waals surface area contributed by atoms with Crippen molar-refractivity contribution in [2.45, 2.75) is 78.2 Å². The molecule has 0 bridgehead atoms. The van der Waals surface area contributed by atoms with Gasteiger partial charge in [0.25, 0.3) is 0 Å². The normalized spacial score (nSPS) is 48.5. The fourth-order valence-corrected chi connectivity index (χ4v) is 8.43. The number of Topliss-reactive ketones (excluding diaryl/α,β-unsaturated/α-hetero) is 2. The van der Waals surface area contributed by atoms with E-state index in [1.54, 1.807) is 6.92 Å². The molecule has 0 aliphatic heterocycles. The Hall–Kier alpha value is -0.790. The second kappa shape index (κ2) is 6.61. The summed E-state index contributed by atoms with van der Waals surface area (Å²) in [5.41, 5.74) is -0.157. The molecule has 4 fully saturated rings. The second-order valence-corrected chi connectivity index (χ2v) is 11.3. The first-order valence-electron chi connectivity index (χ1n) is 10.6. The van der Waals surface area contributed by atoms with E-state index >= 15 is 0 Å². The predicted molar refractivity (Wildman–Crippen MR) is 101 cm³/mol. The van der Waals surface area contributed by atoms with E-state index in [9.17, 15) is 22.6 Å². The van der Waals surface area contributed by atoms with Crippen molar-refractivity contribution < 1.29 is 26.7 Å². The quantitative estimate of drug-likeness (QED) is 0.522. The van der Waals surface area contributed by atoms with Crippen molar-refractivity contribution in [3.8, 4) is 0 Å². The maximum absolute atomic E-state index is 13.2. The van der Waals surface area contributed by atoms with Crippen LogP contribution in [0.1, 0.15) is 72.1 Å². The maximum Gasteiger partial charge on any atom is 0.217 e. The topological polar surface area (TPSA) is 101 Å². The Balaban J connectivity index is 1.59. The van der Waals surface area contributed by atoms with Crippen molar-refractivity contribution in [3.63, 3.8) is 0 Å². The van der Waals surface area contributed by atoms with E-state index in [0.29, 0.717) is 43.4 Å². The van der Waals surface area contributed by atoms with Gasteiger partial charge in [-0.2, -0.15) is 0 Å². The lowest BCUT2D eigenvalue weighted by atomic mass is 9.44.